The van der Waals surface area contributed by atoms with Crippen molar-refractivity contribution in [2.75, 3.05) is 39.3 Å². The molecule has 0 radical (unpaired) electrons. The van der Waals surface area contributed by atoms with Crippen molar-refractivity contribution in [3.05, 3.63) is 24.3 Å². The molecule has 0 spiro atoms. The quantitative estimate of drug-likeness (QED) is 0.699. The van der Waals surface area contributed by atoms with Crippen molar-refractivity contribution in [1.29, 1.82) is 0 Å². The van der Waals surface area contributed by atoms with E-state index in [9.17, 15) is 5.11 Å². The van der Waals surface area contributed by atoms with Gasteiger partial charge in [-0.1, -0.05) is 12.1 Å². The van der Waals surface area contributed by atoms with Gasteiger partial charge in [0.15, 0.2) is 0 Å². The maximum absolute atomic E-state index is 10.4. The Balaban J connectivity index is 1.44. The van der Waals surface area contributed by atoms with Crippen LogP contribution in [0.15, 0.2) is 24.3 Å². The molecule has 0 amide bonds. The van der Waals surface area contributed by atoms with Crippen LogP contribution < -0.4 is 10.2 Å². The summed E-state index contributed by atoms with van der Waals surface area (Å²) < 4.78 is 18.0. The lowest BCUT2D eigenvalue weighted by atomic mass is 9.79. The summed E-state index contributed by atoms with van der Waals surface area (Å²) in [5.74, 6) is 0.744. The molecule has 2 fully saturated rings. The lowest BCUT2D eigenvalue weighted by Gasteiger charge is -2.37. The number of ether oxygens (including phenoxy) is 1. The number of benzene rings is 1. The summed E-state index contributed by atoms with van der Waals surface area (Å²) in [4.78, 5) is 4.79. The fraction of sp³-hybridized carbons (Fsp3) is 0.727. The van der Waals surface area contributed by atoms with Crippen molar-refractivity contribution in [2.24, 2.45) is 0 Å². The number of hydrogen-bond acceptors (Lipinski definition) is 6. The summed E-state index contributed by atoms with van der Waals surface area (Å²) in [5, 5.41) is 10.4. The molecule has 2 heterocycles. The van der Waals surface area contributed by atoms with Gasteiger partial charge in [-0.3, -0.25) is 9.80 Å². The monoisotopic (exact) mass is 404 g/mol. The van der Waals surface area contributed by atoms with Gasteiger partial charge in [0, 0.05) is 38.8 Å². The molecule has 0 aliphatic carbocycles. The Kier molecular flexibility index (Phi) is 6.96. The van der Waals surface area contributed by atoms with E-state index in [1.807, 2.05) is 24.3 Å². The molecule has 2 aliphatic heterocycles. The van der Waals surface area contributed by atoms with Crippen molar-refractivity contribution in [3.8, 4) is 5.75 Å². The topological polar surface area (TPSA) is 54.4 Å². The Morgan fingerprint density at radius 3 is 2.07 bits per heavy atom. The molecule has 2 aliphatic rings. The summed E-state index contributed by atoms with van der Waals surface area (Å²) in [5.41, 5.74) is 0.273. The highest BCUT2D eigenvalue weighted by Gasteiger charge is 2.51. The minimum Gasteiger partial charge on any atom is -0.491 e. The first-order valence-corrected chi connectivity index (χ1v) is 10.8. The van der Waals surface area contributed by atoms with Crippen molar-refractivity contribution >= 4 is 12.6 Å². The third-order valence-corrected chi connectivity index (χ3v) is 6.45. The molecule has 6 nitrogen and oxygen atoms in total. The Morgan fingerprint density at radius 1 is 1.00 bits per heavy atom. The Hall–Kier alpha value is -1.12. The maximum Gasteiger partial charge on any atom is 0.494 e. The fourth-order valence-corrected chi connectivity index (χ4v) is 3.71. The number of aliphatic hydroxyl groups excluding tert-OH is 1. The normalized spacial score (nSPS) is 23.5. The Morgan fingerprint density at radius 2 is 1.55 bits per heavy atom. The molecule has 1 unspecified atom stereocenters. The van der Waals surface area contributed by atoms with Crippen LogP contribution in [0, 0.1) is 0 Å². The number of nitrogens with zero attached hydrogens (tertiary/aromatic N) is 2. The second-order valence-electron chi connectivity index (χ2n) is 9.55. The average Bonchev–Trinajstić information content (AvgIpc) is 2.88. The zero-order valence-corrected chi connectivity index (χ0v) is 18.9. The zero-order valence-electron chi connectivity index (χ0n) is 18.9. The van der Waals surface area contributed by atoms with Crippen LogP contribution in [0.5, 0.6) is 5.75 Å². The molecular formula is C22H37BN2O4. The predicted octanol–water partition coefficient (Wildman–Crippen LogP) is 1.75. The zero-order chi connectivity index (χ0) is 21.2. The van der Waals surface area contributed by atoms with Crippen molar-refractivity contribution in [3.63, 3.8) is 0 Å². The highest BCUT2D eigenvalue weighted by Crippen LogP contribution is 2.36. The lowest BCUT2D eigenvalue weighted by Crippen LogP contribution is -2.51. The van der Waals surface area contributed by atoms with Gasteiger partial charge in [0.05, 0.1) is 11.2 Å². The van der Waals surface area contributed by atoms with Gasteiger partial charge in [-0.25, -0.2) is 0 Å². The van der Waals surface area contributed by atoms with Gasteiger partial charge >= 0.3 is 7.12 Å². The van der Waals surface area contributed by atoms with Crippen LogP contribution in [0.25, 0.3) is 0 Å². The molecule has 29 heavy (non-hydrogen) atoms. The number of piperazine rings is 1. The van der Waals surface area contributed by atoms with E-state index in [0.717, 1.165) is 37.4 Å². The molecule has 1 atom stereocenters. The van der Waals surface area contributed by atoms with E-state index in [1.54, 1.807) is 0 Å². The van der Waals surface area contributed by atoms with E-state index < -0.39 is 6.10 Å². The van der Waals surface area contributed by atoms with E-state index in [2.05, 4.69) is 51.3 Å². The predicted molar refractivity (Wildman–Crippen MR) is 117 cm³/mol. The molecule has 2 saturated heterocycles. The number of rotatable bonds is 7. The summed E-state index contributed by atoms with van der Waals surface area (Å²) in [7, 11) is -0.371. The second kappa shape index (κ2) is 8.94. The first-order chi connectivity index (χ1) is 13.6. The van der Waals surface area contributed by atoms with Gasteiger partial charge in [-0.05, 0) is 59.1 Å². The molecular weight excluding hydrogens is 367 g/mol. The molecule has 0 aromatic heterocycles. The molecule has 7 heteroatoms. The minimum atomic E-state index is -0.497. The van der Waals surface area contributed by atoms with Crippen LogP contribution in [-0.4, -0.2) is 84.7 Å². The van der Waals surface area contributed by atoms with Gasteiger partial charge in [-0.2, -0.15) is 0 Å². The maximum atomic E-state index is 10.4. The van der Waals surface area contributed by atoms with E-state index in [1.165, 1.54) is 0 Å². The average molecular weight is 404 g/mol. The Bertz CT molecular complexity index is 641. The van der Waals surface area contributed by atoms with Crippen molar-refractivity contribution < 1.29 is 19.2 Å². The van der Waals surface area contributed by atoms with Crippen LogP contribution in [0.1, 0.15) is 41.5 Å². The van der Waals surface area contributed by atoms with E-state index >= 15 is 0 Å². The van der Waals surface area contributed by atoms with Gasteiger partial charge < -0.3 is 19.2 Å². The van der Waals surface area contributed by atoms with Gasteiger partial charge in [0.2, 0.25) is 0 Å². The number of aliphatic hydroxyl groups is 1. The molecule has 1 N–H and O–H groups in total. The third-order valence-electron chi connectivity index (χ3n) is 6.45. The van der Waals surface area contributed by atoms with E-state index in [-0.39, 0.29) is 18.3 Å². The van der Waals surface area contributed by atoms with Gasteiger partial charge in [0.1, 0.15) is 18.5 Å². The van der Waals surface area contributed by atoms with Crippen LogP contribution in [0.3, 0.4) is 0 Å². The standard InChI is InChI=1S/C22H37BN2O4/c1-17(2)25-13-11-24(12-14-25)15-19(26)16-27-20-9-7-18(8-10-20)23-28-21(3,4)22(5,6)29-23/h7-10,17,19,26H,11-16H2,1-6H3. The third kappa shape index (κ3) is 5.53. The smallest absolute Gasteiger partial charge is 0.491 e. The van der Waals surface area contributed by atoms with Crippen molar-refractivity contribution in [1.82, 2.24) is 9.80 Å². The highest BCUT2D eigenvalue weighted by atomic mass is 16.7. The molecule has 1 aromatic carbocycles. The lowest BCUT2D eigenvalue weighted by molar-refractivity contribution is 0.00578. The fourth-order valence-electron chi connectivity index (χ4n) is 3.71. The minimum absolute atomic E-state index is 0.292. The Labute approximate surface area is 176 Å². The molecule has 162 valence electrons. The van der Waals surface area contributed by atoms with Gasteiger partial charge in [-0.15, -0.1) is 0 Å². The molecule has 0 saturated carbocycles. The highest BCUT2D eigenvalue weighted by molar-refractivity contribution is 6.62. The SMILES string of the molecule is CC(C)N1CCN(CC(O)COc2ccc(B3OC(C)(C)C(C)(C)O3)cc2)CC1. The summed E-state index contributed by atoms with van der Waals surface area (Å²) in [6.45, 7) is 17.7. The first kappa shape index (κ1) is 22.6. The van der Waals surface area contributed by atoms with E-state index in [4.69, 9.17) is 14.0 Å². The van der Waals surface area contributed by atoms with Crippen LogP contribution >= 0.6 is 0 Å². The van der Waals surface area contributed by atoms with Crippen LogP contribution in [-0.2, 0) is 9.31 Å². The second-order valence-corrected chi connectivity index (χ2v) is 9.55. The number of β-amino-alcohol motifs (C(OH)–C–C–N with tert-alkyl or cyclic N) is 1. The van der Waals surface area contributed by atoms with E-state index in [0.29, 0.717) is 19.2 Å². The number of hydrogen-bond donors (Lipinski definition) is 1. The van der Waals surface area contributed by atoms with Crippen molar-refractivity contribution in [2.45, 2.75) is 64.9 Å². The largest absolute Gasteiger partial charge is 0.494 e. The summed E-state index contributed by atoms with van der Waals surface area (Å²) in [6, 6.07) is 8.35. The first-order valence-electron chi connectivity index (χ1n) is 10.8. The summed E-state index contributed by atoms with van der Waals surface area (Å²) in [6.07, 6.45) is -0.497. The molecule has 1 aromatic rings. The molecule has 0 bridgehead atoms. The summed E-state index contributed by atoms with van der Waals surface area (Å²) >= 11 is 0. The van der Waals surface area contributed by atoms with Crippen LogP contribution in [0.2, 0.25) is 0 Å². The van der Waals surface area contributed by atoms with Gasteiger partial charge in [0.25, 0.3) is 0 Å². The van der Waals surface area contributed by atoms with Crippen LogP contribution in [0.4, 0.5) is 0 Å². The molecule has 3 rings (SSSR count).